The van der Waals surface area contributed by atoms with E-state index < -0.39 is 17.9 Å². The normalized spacial score (nSPS) is 18.2. The molecule has 0 saturated carbocycles. The quantitative estimate of drug-likeness (QED) is 0.849. The van der Waals surface area contributed by atoms with Crippen LogP contribution in [0.2, 0.25) is 0 Å². The van der Waals surface area contributed by atoms with Crippen LogP contribution < -0.4 is 5.32 Å². The number of likely N-dealkylation sites (tertiary alicyclic amines) is 1. The fourth-order valence-corrected chi connectivity index (χ4v) is 2.96. The number of aromatic nitrogens is 2. The molecule has 9 heteroatoms. The number of nitrogens with zero attached hydrogens (tertiary/aromatic N) is 3. The maximum Gasteiger partial charge on any atom is 0.318 e. The maximum atomic E-state index is 13.7. The summed E-state index contributed by atoms with van der Waals surface area (Å²) < 4.78 is 18.9. The third kappa shape index (κ3) is 4.24. The molecule has 1 saturated heterocycles. The highest BCUT2D eigenvalue weighted by Gasteiger charge is 2.29. The van der Waals surface area contributed by atoms with Crippen LogP contribution in [0.5, 0.6) is 0 Å². The first kappa shape index (κ1) is 18.8. The Morgan fingerprint density at radius 2 is 2.22 bits per heavy atom. The lowest BCUT2D eigenvalue weighted by molar-refractivity contribution is -0.143. The van der Waals surface area contributed by atoms with Crippen molar-refractivity contribution in [2.45, 2.75) is 32.7 Å². The molecule has 1 aromatic heterocycles. The zero-order valence-electron chi connectivity index (χ0n) is 15.1. The SMILES string of the molecule is Cc1ccc(-c2noc(C(C)NC(=O)N3CCCC(C(=O)O)C3)n2)cc1F. The van der Waals surface area contributed by atoms with E-state index in [-0.39, 0.29) is 30.1 Å². The number of piperidine rings is 1. The van der Waals surface area contributed by atoms with E-state index in [0.717, 1.165) is 0 Å². The molecule has 1 aromatic carbocycles. The van der Waals surface area contributed by atoms with Crippen LogP contribution in [0.25, 0.3) is 11.4 Å². The number of benzene rings is 1. The number of carboxylic acids is 1. The Bertz CT molecular complexity index is 854. The topological polar surface area (TPSA) is 109 Å². The fraction of sp³-hybridized carbons (Fsp3) is 0.444. The molecule has 1 aliphatic rings. The molecular formula is C18H21FN4O4. The third-order valence-electron chi connectivity index (χ3n) is 4.64. The summed E-state index contributed by atoms with van der Waals surface area (Å²) in [5.41, 5.74) is 0.997. The molecular weight excluding hydrogens is 355 g/mol. The van der Waals surface area contributed by atoms with E-state index in [4.69, 9.17) is 9.63 Å². The number of carboxylic acid groups (broad SMARTS) is 1. The van der Waals surface area contributed by atoms with E-state index in [1.807, 2.05) is 0 Å². The van der Waals surface area contributed by atoms with Crippen LogP contribution in [0.15, 0.2) is 22.7 Å². The Balaban J connectivity index is 1.65. The highest BCUT2D eigenvalue weighted by atomic mass is 19.1. The van der Waals surface area contributed by atoms with Gasteiger partial charge in [-0.25, -0.2) is 9.18 Å². The van der Waals surface area contributed by atoms with Crippen molar-refractivity contribution in [3.05, 3.63) is 35.5 Å². The summed E-state index contributed by atoms with van der Waals surface area (Å²) in [6.45, 7) is 4.02. The molecule has 27 heavy (non-hydrogen) atoms. The molecule has 0 spiro atoms. The van der Waals surface area contributed by atoms with Gasteiger partial charge in [0.1, 0.15) is 11.9 Å². The van der Waals surface area contributed by atoms with Gasteiger partial charge in [-0.05, 0) is 38.3 Å². The van der Waals surface area contributed by atoms with Crippen LogP contribution in [0.4, 0.5) is 9.18 Å². The number of aryl methyl sites for hydroxylation is 1. The van der Waals surface area contributed by atoms with E-state index in [2.05, 4.69) is 15.5 Å². The van der Waals surface area contributed by atoms with Crippen LogP contribution in [0.1, 0.15) is 37.3 Å². The number of halogens is 1. The average molecular weight is 376 g/mol. The number of carbonyl (C=O) groups excluding carboxylic acids is 1. The summed E-state index contributed by atoms with van der Waals surface area (Å²) in [6, 6.07) is 3.69. The molecule has 8 nitrogen and oxygen atoms in total. The van der Waals surface area contributed by atoms with Gasteiger partial charge in [0, 0.05) is 18.7 Å². The van der Waals surface area contributed by atoms with Crippen LogP contribution in [0, 0.1) is 18.7 Å². The van der Waals surface area contributed by atoms with E-state index in [9.17, 15) is 14.0 Å². The van der Waals surface area contributed by atoms with Crippen LogP contribution >= 0.6 is 0 Å². The van der Waals surface area contributed by atoms with Gasteiger partial charge in [0.25, 0.3) is 0 Å². The van der Waals surface area contributed by atoms with Gasteiger partial charge in [-0.1, -0.05) is 17.3 Å². The maximum absolute atomic E-state index is 13.7. The van der Waals surface area contributed by atoms with Crippen molar-refractivity contribution in [2.24, 2.45) is 5.92 Å². The number of nitrogens with one attached hydrogen (secondary N) is 1. The molecule has 2 heterocycles. The molecule has 3 rings (SSSR count). The van der Waals surface area contributed by atoms with Gasteiger partial charge in [0.15, 0.2) is 0 Å². The first-order valence-corrected chi connectivity index (χ1v) is 8.73. The lowest BCUT2D eigenvalue weighted by atomic mass is 9.99. The summed E-state index contributed by atoms with van der Waals surface area (Å²) in [7, 11) is 0. The van der Waals surface area contributed by atoms with Crippen molar-refractivity contribution < 1.29 is 23.6 Å². The monoisotopic (exact) mass is 376 g/mol. The minimum absolute atomic E-state index is 0.172. The Hall–Kier alpha value is -2.97. The van der Waals surface area contributed by atoms with Crippen molar-refractivity contribution in [1.29, 1.82) is 0 Å². The van der Waals surface area contributed by atoms with Gasteiger partial charge in [-0.15, -0.1) is 0 Å². The number of urea groups is 1. The summed E-state index contributed by atoms with van der Waals surface area (Å²) in [5, 5.41) is 15.7. The number of amides is 2. The average Bonchev–Trinajstić information content (AvgIpc) is 3.14. The van der Waals surface area contributed by atoms with Gasteiger partial charge in [-0.3, -0.25) is 4.79 Å². The molecule has 2 amide bonds. The Labute approximate surface area is 155 Å². The largest absolute Gasteiger partial charge is 0.481 e. The zero-order chi connectivity index (χ0) is 19.6. The highest BCUT2D eigenvalue weighted by molar-refractivity contribution is 5.76. The minimum Gasteiger partial charge on any atom is -0.481 e. The number of hydrogen-bond acceptors (Lipinski definition) is 5. The van der Waals surface area contributed by atoms with Gasteiger partial charge in [0.05, 0.1) is 5.92 Å². The van der Waals surface area contributed by atoms with E-state index >= 15 is 0 Å². The molecule has 0 aliphatic carbocycles. The van der Waals surface area contributed by atoms with Gasteiger partial charge >= 0.3 is 12.0 Å². The van der Waals surface area contributed by atoms with Crippen molar-refractivity contribution >= 4 is 12.0 Å². The van der Waals surface area contributed by atoms with Crippen molar-refractivity contribution in [3.8, 4) is 11.4 Å². The third-order valence-corrected chi connectivity index (χ3v) is 4.64. The second-order valence-corrected chi connectivity index (χ2v) is 6.71. The second kappa shape index (κ2) is 7.73. The standard InChI is InChI=1S/C18H21FN4O4/c1-10-5-6-12(8-14(10)19)15-21-16(27-22-15)11(2)20-18(26)23-7-3-4-13(9-23)17(24)25/h5-6,8,11,13H,3-4,7,9H2,1-2H3,(H,20,26)(H,24,25). The van der Waals surface area contributed by atoms with Crippen molar-refractivity contribution in [2.75, 3.05) is 13.1 Å². The summed E-state index contributed by atoms with van der Waals surface area (Å²) in [4.78, 5) is 29.2. The summed E-state index contributed by atoms with van der Waals surface area (Å²) >= 11 is 0. The van der Waals surface area contributed by atoms with Crippen LogP contribution in [-0.4, -0.2) is 45.2 Å². The van der Waals surface area contributed by atoms with Crippen molar-refractivity contribution in [3.63, 3.8) is 0 Å². The molecule has 0 radical (unpaired) electrons. The Morgan fingerprint density at radius 1 is 1.44 bits per heavy atom. The van der Waals surface area contributed by atoms with Crippen molar-refractivity contribution in [1.82, 2.24) is 20.4 Å². The molecule has 0 bridgehead atoms. The Kier molecular flexibility index (Phi) is 5.38. The van der Waals surface area contributed by atoms with Crippen LogP contribution in [0.3, 0.4) is 0 Å². The van der Waals surface area contributed by atoms with Gasteiger partial charge in [0.2, 0.25) is 11.7 Å². The number of rotatable bonds is 4. The second-order valence-electron chi connectivity index (χ2n) is 6.71. The van der Waals surface area contributed by atoms with Gasteiger partial charge < -0.3 is 19.8 Å². The number of carbonyl (C=O) groups is 2. The summed E-state index contributed by atoms with van der Waals surface area (Å²) in [5.74, 6) is -1.39. The molecule has 2 unspecified atom stereocenters. The number of aliphatic carboxylic acids is 1. The van der Waals surface area contributed by atoms with Gasteiger partial charge in [-0.2, -0.15) is 4.98 Å². The van der Waals surface area contributed by atoms with Crippen LogP contribution in [-0.2, 0) is 4.79 Å². The number of hydrogen-bond donors (Lipinski definition) is 2. The van der Waals surface area contributed by atoms with E-state index in [1.165, 1.54) is 11.0 Å². The fourth-order valence-electron chi connectivity index (χ4n) is 2.96. The predicted molar refractivity (Wildman–Crippen MR) is 93.3 cm³/mol. The zero-order valence-corrected chi connectivity index (χ0v) is 15.1. The minimum atomic E-state index is -0.896. The molecule has 2 N–H and O–H groups in total. The predicted octanol–water partition coefficient (Wildman–Crippen LogP) is 2.75. The molecule has 144 valence electrons. The van der Waals surface area contributed by atoms with E-state index in [0.29, 0.717) is 30.5 Å². The molecule has 1 aliphatic heterocycles. The van der Waals surface area contributed by atoms with E-state index in [1.54, 1.807) is 26.0 Å². The molecule has 1 fully saturated rings. The smallest absolute Gasteiger partial charge is 0.318 e. The summed E-state index contributed by atoms with van der Waals surface area (Å²) in [6.07, 6.45) is 1.21. The molecule has 2 aromatic rings. The first-order chi connectivity index (χ1) is 12.8. The first-order valence-electron chi connectivity index (χ1n) is 8.73. The molecule has 2 atom stereocenters. The Morgan fingerprint density at radius 3 is 2.93 bits per heavy atom. The highest BCUT2D eigenvalue weighted by Crippen LogP contribution is 2.22. The lowest BCUT2D eigenvalue weighted by Crippen LogP contribution is -2.47. The lowest BCUT2D eigenvalue weighted by Gasteiger charge is -2.31.